The van der Waals surface area contributed by atoms with Crippen molar-refractivity contribution in [2.24, 2.45) is 0 Å². The van der Waals surface area contributed by atoms with Crippen molar-refractivity contribution in [1.82, 2.24) is 5.32 Å². The number of hydrogen-bond acceptors (Lipinski definition) is 6. The number of esters is 1. The smallest absolute Gasteiger partial charge is 0.331 e. The van der Waals surface area contributed by atoms with E-state index in [-0.39, 0.29) is 24.1 Å². The molecule has 0 unspecified atom stereocenters. The minimum atomic E-state index is -0.875. The van der Waals surface area contributed by atoms with Gasteiger partial charge in [0, 0.05) is 12.0 Å². The number of rotatable bonds is 10. The summed E-state index contributed by atoms with van der Waals surface area (Å²) in [6.45, 7) is 3.86. The number of carbonyl (C=O) groups excluding carboxylic acids is 3. The molecule has 0 spiro atoms. The topological polar surface area (TPSA) is 90.9 Å². The quantitative estimate of drug-likeness (QED) is 0.374. The van der Waals surface area contributed by atoms with Gasteiger partial charge in [-0.2, -0.15) is 0 Å². The summed E-state index contributed by atoms with van der Waals surface area (Å²) in [5.41, 5.74) is -0.330. The van der Waals surface area contributed by atoms with Crippen molar-refractivity contribution in [3.05, 3.63) is 23.8 Å². The van der Waals surface area contributed by atoms with Gasteiger partial charge in [0.2, 0.25) is 5.91 Å². The summed E-state index contributed by atoms with van der Waals surface area (Å²) >= 11 is 0. The summed E-state index contributed by atoms with van der Waals surface area (Å²) in [7, 11) is 1.51. The molecule has 1 N–H and O–H groups in total. The molecule has 0 saturated heterocycles. The molecule has 1 fully saturated rings. The third-order valence-corrected chi connectivity index (χ3v) is 4.88. The van der Waals surface area contributed by atoms with E-state index in [1.54, 1.807) is 25.1 Å². The van der Waals surface area contributed by atoms with Gasteiger partial charge in [0.05, 0.1) is 20.3 Å². The van der Waals surface area contributed by atoms with E-state index in [4.69, 9.17) is 14.2 Å². The van der Waals surface area contributed by atoms with Gasteiger partial charge in [0.25, 0.3) is 0 Å². The standard InChI is InChI=1S/C21H29NO6/c1-4-27-20(25)21(11-5-6-12-21)22-19(24)8-7-13-28-17-10-9-16(15(2)23)14-18(17)26-3/h9-10,14H,4-8,11-13H2,1-3H3,(H,22,24). The van der Waals surface area contributed by atoms with E-state index < -0.39 is 5.54 Å². The Balaban J connectivity index is 1.84. The average molecular weight is 391 g/mol. The van der Waals surface area contributed by atoms with Crippen LogP contribution in [0.4, 0.5) is 0 Å². The second kappa shape index (κ2) is 10.1. The van der Waals surface area contributed by atoms with Crippen LogP contribution in [0.15, 0.2) is 18.2 Å². The summed E-state index contributed by atoms with van der Waals surface area (Å²) < 4.78 is 16.1. The van der Waals surface area contributed by atoms with Crippen molar-refractivity contribution >= 4 is 17.7 Å². The Bertz CT molecular complexity index is 709. The van der Waals surface area contributed by atoms with Gasteiger partial charge in [-0.1, -0.05) is 12.8 Å². The summed E-state index contributed by atoms with van der Waals surface area (Å²) in [6.07, 6.45) is 3.77. The minimum absolute atomic E-state index is 0.0519. The molecule has 0 heterocycles. The number of Topliss-reactive ketones (excluding diaryl/α,β-unsaturated/α-hetero) is 1. The van der Waals surface area contributed by atoms with E-state index in [9.17, 15) is 14.4 Å². The molecule has 0 bridgehead atoms. The molecule has 28 heavy (non-hydrogen) atoms. The molecule has 154 valence electrons. The Morgan fingerprint density at radius 2 is 1.86 bits per heavy atom. The highest BCUT2D eigenvalue weighted by Gasteiger charge is 2.43. The minimum Gasteiger partial charge on any atom is -0.493 e. The van der Waals surface area contributed by atoms with Crippen LogP contribution in [0, 0.1) is 0 Å². The Kier molecular flexibility index (Phi) is 7.84. The van der Waals surface area contributed by atoms with E-state index in [1.807, 2.05) is 0 Å². The maximum Gasteiger partial charge on any atom is 0.331 e. The van der Waals surface area contributed by atoms with Gasteiger partial charge >= 0.3 is 5.97 Å². The number of amides is 1. The number of hydrogen-bond donors (Lipinski definition) is 1. The molecule has 0 radical (unpaired) electrons. The van der Waals surface area contributed by atoms with Gasteiger partial charge < -0.3 is 19.5 Å². The van der Waals surface area contributed by atoms with E-state index in [0.717, 1.165) is 12.8 Å². The maximum atomic E-state index is 12.3. The Hall–Kier alpha value is -2.57. The molecule has 7 heteroatoms. The molecule has 7 nitrogen and oxygen atoms in total. The van der Waals surface area contributed by atoms with Gasteiger partial charge in [-0.25, -0.2) is 4.79 Å². The van der Waals surface area contributed by atoms with Crippen LogP contribution in [0.2, 0.25) is 0 Å². The predicted octanol–water partition coefficient (Wildman–Crippen LogP) is 3.05. The first-order valence-electron chi connectivity index (χ1n) is 9.72. The molecule has 1 amide bonds. The SMILES string of the molecule is CCOC(=O)C1(NC(=O)CCCOc2ccc(C(C)=O)cc2OC)CCCC1. The fourth-order valence-corrected chi connectivity index (χ4v) is 3.38. The molecule has 1 aromatic rings. The highest BCUT2D eigenvalue weighted by Crippen LogP contribution is 2.31. The highest BCUT2D eigenvalue weighted by atomic mass is 16.5. The van der Waals surface area contributed by atoms with Crippen LogP contribution in [0.3, 0.4) is 0 Å². The van der Waals surface area contributed by atoms with E-state index in [1.165, 1.54) is 14.0 Å². The summed E-state index contributed by atoms with van der Waals surface area (Å²) in [4.78, 5) is 36.0. The number of methoxy groups -OCH3 is 1. The first kappa shape index (κ1) is 21.7. The van der Waals surface area contributed by atoms with Crippen LogP contribution in [0.5, 0.6) is 11.5 Å². The van der Waals surface area contributed by atoms with Crippen molar-refractivity contribution in [2.45, 2.75) is 57.9 Å². The Morgan fingerprint density at radius 3 is 2.46 bits per heavy atom. The third-order valence-electron chi connectivity index (χ3n) is 4.88. The lowest BCUT2D eigenvalue weighted by Crippen LogP contribution is -2.53. The van der Waals surface area contributed by atoms with Crippen molar-refractivity contribution in [1.29, 1.82) is 0 Å². The van der Waals surface area contributed by atoms with Crippen molar-refractivity contribution in [3.63, 3.8) is 0 Å². The number of benzene rings is 1. The fourth-order valence-electron chi connectivity index (χ4n) is 3.38. The summed E-state index contributed by atoms with van der Waals surface area (Å²) in [6, 6.07) is 4.99. The molecule has 1 aliphatic rings. The average Bonchev–Trinajstić information content (AvgIpc) is 3.15. The van der Waals surface area contributed by atoms with Crippen molar-refractivity contribution < 1.29 is 28.6 Å². The van der Waals surface area contributed by atoms with Gasteiger partial charge in [-0.3, -0.25) is 9.59 Å². The second-order valence-electron chi connectivity index (χ2n) is 6.93. The van der Waals surface area contributed by atoms with Gasteiger partial charge in [0.1, 0.15) is 5.54 Å². The lowest BCUT2D eigenvalue weighted by atomic mass is 9.97. The third kappa shape index (κ3) is 5.47. The van der Waals surface area contributed by atoms with E-state index in [2.05, 4.69) is 5.32 Å². The largest absolute Gasteiger partial charge is 0.493 e. The zero-order valence-corrected chi connectivity index (χ0v) is 16.8. The van der Waals surface area contributed by atoms with Crippen LogP contribution in [-0.2, 0) is 14.3 Å². The first-order valence-corrected chi connectivity index (χ1v) is 9.72. The molecule has 0 atom stereocenters. The molecule has 0 aliphatic heterocycles. The fraction of sp³-hybridized carbons (Fsp3) is 0.571. The van der Waals surface area contributed by atoms with E-state index >= 15 is 0 Å². The number of carbonyl (C=O) groups is 3. The number of ketones is 1. The number of ether oxygens (including phenoxy) is 3. The molecule has 1 aliphatic carbocycles. The van der Waals surface area contributed by atoms with Crippen LogP contribution >= 0.6 is 0 Å². The molecule has 1 saturated carbocycles. The highest BCUT2D eigenvalue weighted by molar-refractivity contribution is 5.94. The molecular weight excluding hydrogens is 362 g/mol. The molecular formula is C21H29NO6. The van der Waals surface area contributed by atoms with Crippen LogP contribution in [0.1, 0.15) is 62.7 Å². The Morgan fingerprint density at radius 1 is 1.14 bits per heavy atom. The second-order valence-corrected chi connectivity index (χ2v) is 6.93. The lowest BCUT2D eigenvalue weighted by molar-refractivity contribution is -0.153. The predicted molar refractivity (Wildman–Crippen MR) is 104 cm³/mol. The van der Waals surface area contributed by atoms with E-state index in [0.29, 0.717) is 49.5 Å². The van der Waals surface area contributed by atoms with Crippen molar-refractivity contribution in [2.75, 3.05) is 20.3 Å². The number of nitrogens with one attached hydrogen (secondary N) is 1. The molecule has 0 aromatic heterocycles. The first-order chi connectivity index (χ1) is 13.4. The lowest BCUT2D eigenvalue weighted by Gasteiger charge is -2.27. The zero-order chi connectivity index (χ0) is 20.6. The summed E-state index contributed by atoms with van der Waals surface area (Å²) in [5, 5.41) is 2.89. The van der Waals surface area contributed by atoms with Crippen LogP contribution in [-0.4, -0.2) is 43.5 Å². The normalized spacial score (nSPS) is 15.0. The molecule has 2 rings (SSSR count). The van der Waals surface area contributed by atoms with Crippen LogP contribution in [0.25, 0.3) is 0 Å². The van der Waals surface area contributed by atoms with Gasteiger partial charge in [-0.15, -0.1) is 0 Å². The molecule has 1 aromatic carbocycles. The maximum absolute atomic E-state index is 12.3. The van der Waals surface area contributed by atoms with Crippen LogP contribution < -0.4 is 14.8 Å². The zero-order valence-electron chi connectivity index (χ0n) is 16.8. The van der Waals surface area contributed by atoms with Gasteiger partial charge in [-0.05, 0) is 51.3 Å². The Labute approximate surface area is 165 Å². The van der Waals surface area contributed by atoms with Crippen molar-refractivity contribution in [3.8, 4) is 11.5 Å². The van der Waals surface area contributed by atoms with Gasteiger partial charge in [0.15, 0.2) is 17.3 Å². The summed E-state index contributed by atoms with van der Waals surface area (Å²) in [5.74, 6) is 0.421. The monoisotopic (exact) mass is 391 g/mol.